The summed E-state index contributed by atoms with van der Waals surface area (Å²) in [5, 5.41) is 6.54. The summed E-state index contributed by atoms with van der Waals surface area (Å²) in [5.74, 6) is -0.0518. The number of nitrogens with zero attached hydrogens (tertiary/aromatic N) is 3. The largest absolute Gasteiger partial charge is 0.360 e. The Labute approximate surface area is 185 Å². The highest BCUT2D eigenvalue weighted by Gasteiger charge is 2.34. The van der Waals surface area contributed by atoms with Gasteiger partial charge in [-0.2, -0.15) is 0 Å². The smallest absolute Gasteiger partial charge is 0.253 e. The van der Waals surface area contributed by atoms with Crippen LogP contribution in [0.5, 0.6) is 0 Å². The summed E-state index contributed by atoms with van der Waals surface area (Å²) in [6, 6.07) is 7.14. The number of carbonyl (C=O) groups is 3. The van der Waals surface area contributed by atoms with Gasteiger partial charge in [-0.05, 0) is 56.9 Å². The van der Waals surface area contributed by atoms with Crippen molar-refractivity contribution in [3.63, 3.8) is 0 Å². The molecule has 1 atom stereocenters. The standard InChI is InChI=1S/C23H27FN4O4/c1-15-13-20(26-32-15)25-21(29)16-8-11-27(12-9-16)23(31)18-3-2-10-28(14-18)22(30)17-4-6-19(24)7-5-17/h4-7,13,16,18H,2-3,8-12,14H2,1H3,(H,25,26,29). The summed E-state index contributed by atoms with van der Waals surface area (Å²) in [4.78, 5) is 41.8. The highest BCUT2D eigenvalue weighted by atomic mass is 19.1. The van der Waals surface area contributed by atoms with Crippen LogP contribution in [-0.2, 0) is 9.59 Å². The van der Waals surface area contributed by atoms with Gasteiger partial charge in [0.2, 0.25) is 11.8 Å². The van der Waals surface area contributed by atoms with E-state index < -0.39 is 0 Å². The number of benzene rings is 1. The first-order valence-electron chi connectivity index (χ1n) is 11.0. The van der Waals surface area contributed by atoms with Gasteiger partial charge in [0.1, 0.15) is 11.6 Å². The topological polar surface area (TPSA) is 95.8 Å². The summed E-state index contributed by atoms with van der Waals surface area (Å²) in [5.41, 5.74) is 0.425. The molecule has 2 saturated heterocycles. The van der Waals surface area contributed by atoms with Crippen molar-refractivity contribution < 1.29 is 23.3 Å². The quantitative estimate of drug-likeness (QED) is 0.786. The Kier molecular flexibility index (Phi) is 6.53. The van der Waals surface area contributed by atoms with E-state index in [0.29, 0.717) is 56.2 Å². The molecule has 1 aromatic carbocycles. The fourth-order valence-electron chi connectivity index (χ4n) is 4.41. The molecule has 3 heterocycles. The molecule has 2 aromatic rings. The molecule has 0 aliphatic carbocycles. The van der Waals surface area contributed by atoms with Crippen molar-refractivity contribution in [2.45, 2.75) is 32.6 Å². The Morgan fingerprint density at radius 3 is 2.41 bits per heavy atom. The molecule has 32 heavy (non-hydrogen) atoms. The van der Waals surface area contributed by atoms with Gasteiger partial charge >= 0.3 is 0 Å². The summed E-state index contributed by atoms with van der Waals surface area (Å²) in [7, 11) is 0. The van der Waals surface area contributed by atoms with Gasteiger partial charge in [-0.3, -0.25) is 14.4 Å². The average Bonchev–Trinajstić information content (AvgIpc) is 3.23. The number of amides is 3. The maximum Gasteiger partial charge on any atom is 0.253 e. The number of aromatic nitrogens is 1. The summed E-state index contributed by atoms with van der Waals surface area (Å²) < 4.78 is 18.1. The van der Waals surface area contributed by atoms with E-state index in [1.165, 1.54) is 24.3 Å². The van der Waals surface area contributed by atoms with Crippen molar-refractivity contribution in [3.8, 4) is 0 Å². The van der Waals surface area contributed by atoms with Crippen LogP contribution in [0, 0.1) is 24.6 Å². The molecule has 2 aliphatic rings. The van der Waals surface area contributed by atoms with Gasteiger partial charge in [0, 0.05) is 43.7 Å². The maximum absolute atomic E-state index is 13.1. The van der Waals surface area contributed by atoms with Gasteiger partial charge in [0.05, 0.1) is 5.92 Å². The first-order chi connectivity index (χ1) is 15.4. The third-order valence-electron chi connectivity index (χ3n) is 6.21. The van der Waals surface area contributed by atoms with Crippen LogP contribution in [0.2, 0.25) is 0 Å². The SMILES string of the molecule is Cc1cc(NC(=O)C2CCN(C(=O)C3CCCN(C(=O)c4ccc(F)cc4)C3)CC2)no1. The summed E-state index contributed by atoms with van der Waals surface area (Å²) in [6.07, 6.45) is 2.65. The van der Waals surface area contributed by atoms with Crippen molar-refractivity contribution in [1.82, 2.24) is 15.0 Å². The monoisotopic (exact) mass is 442 g/mol. The number of piperidine rings is 2. The first-order valence-corrected chi connectivity index (χ1v) is 11.0. The van der Waals surface area contributed by atoms with Crippen LogP contribution in [0.1, 0.15) is 41.8 Å². The van der Waals surface area contributed by atoms with E-state index in [-0.39, 0.29) is 35.4 Å². The van der Waals surface area contributed by atoms with Gasteiger partial charge < -0.3 is 19.6 Å². The molecule has 2 fully saturated rings. The normalized spacial score (nSPS) is 19.6. The van der Waals surface area contributed by atoms with E-state index in [2.05, 4.69) is 10.5 Å². The molecule has 9 heteroatoms. The third-order valence-corrected chi connectivity index (χ3v) is 6.21. The highest BCUT2D eigenvalue weighted by molar-refractivity contribution is 5.95. The van der Waals surface area contributed by atoms with Crippen LogP contribution in [0.15, 0.2) is 34.9 Å². The number of hydrogen-bond donors (Lipinski definition) is 1. The molecular weight excluding hydrogens is 415 g/mol. The van der Waals surface area contributed by atoms with Crippen LogP contribution >= 0.6 is 0 Å². The van der Waals surface area contributed by atoms with Gasteiger partial charge in [0.15, 0.2) is 5.82 Å². The van der Waals surface area contributed by atoms with E-state index in [0.717, 1.165) is 12.8 Å². The molecule has 1 N–H and O–H groups in total. The zero-order valence-corrected chi connectivity index (χ0v) is 18.1. The molecule has 0 bridgehead atoms. The lowest BCUT2D eigenvalue weighted by atomic mass is 9.92. The van der Waals surface area contributed by atoms with E-state index in [9.17, 15) is 18.8 Å². The van der Waals surface area contributed by atoms with Crippen LogP contribution in [-0.4, -0.2) is 58.9 Å². The van der Waals surface area contributed by atoms with E-state index >= 15 is 0 Å². The zero-order valence-electron chi connectivity index (χ0n) is 18.1. The van der Waals surface area contributed by atoms with Crippen LogP contribution in [0.25, 0.3) is 0 Å². The minimum absolute atomic E-state index is 0.0348. The predicted molar refractivity (Wildman–Crippen MR) is 114 cm³/mol. The molecule has 1 unspecified atom stereocenters. The number of nitrogens with one attached hydrogen (secondary N) is 1. The summed E-state index contributed by atoms with van der Waals surface area (Å²) >= 11 is 0. The molecule has 170 valence electrons. The first kappa shape index (κ1) is 22.0. The van der Waals surface area contributed by atoms with E-state index in [1.54, 1.807) is 22.8 Å². The Balaban J connectivity index is 1.29. The minimum atomic E-state index is -0.388. The number of aryl methyl sites for hydroxylation is 1. The predicted octanol–water partition coefficient (Wildman–Crippen LogP) is 2.85. The number of rotatable bonds is 4. The lowest BCUT2D eigenvalue weighted by Gasteiger charge is -2.37. The number of carbonyl (C=O) groups excluding carboxylic acids is 3. The molecule has 4 rings (SSSR count). The van der Waals surface area contributed by atoms with Gasteiger partial charge in [-0.15, -0.1) is 0 Å². The van der Waals surface area contributed by atoms with Crippen molar-refractivity contribution in [2.24, 2.45) is 11.8 Å². The van der Waals surface area contributed by atoms with Gasteiger partial charge in [-0.25, -0.2) is 4.39 Å². The molecular formula is C23H27FN4O4. The van der Waals surface area contributed by atoms with Gasteiger partial charge in [0.25, 0.3) is 5.91 Å². The zero-order chi connectivity index (χ0) is 22.7. The average molecular weight is 442 g/mol. The van der Waals surface area contributed by atoms with Crippen molar-refractivity contribution in [1.29, 1.82) is 0 Å². The molecule has 8 nitrogen and oxygen atoms in total. The Bertz CT molecular complexity index is 982. The number of likely N-dealkylation sites (tertiary alicyclic amines) is 2. The van der Waals surface area contributed by atoms with E-state index in [4.69, 9.17) is 4.52 Å². The molecule has 0 radical (unpaired) electrons. The fourth-order valence-corrected chi connectivity index (χ4v) is 4.41. The minimum Gasteiger partial charge on any atom is -0.360 e. The second-order valence-corrected chi connectivity index (χ2v) is 8.51. The van der Waals surface area contributed by atoms with Crippen LogP contribution in [0.3, 0.4) is 0 Å². The van der Waals surface area contributed by atoms with E-state index in [1.807, 2.05) is 0 Å². The fraction of sp³-hybridized carbons (Fsp3) is 0.478. The Morgan fingerprint density at radius 1 is 1.03 bits per heavy atom. The van der Waals surface area contributed by atoms with Crippen LogP contribution in [0.4, 0.5) is 10.2 Å². The van der Waals surface area contributed by atoms with Crippen molar-refractivity contribution >= 4 is 23.5 Å². The number of hydrogen-bond acceptors (Lipinski definition) is 5. The lowest BCUT2D eigenvalue weighted by Crippen LogP contribution is -2.49. The van der Waals surface area contributed by atoms with Gasteiger partial charge in [-0.1, -0.05) is 5.16 Å². The molecule has 2 aliphatic heterocycles. The Morgan fingerprint density at radius 2 is 1.75 bits per heavy atom. The molecule has 0 spiro atoms. The molecule has 1 aromatic heterocycles. The number of halogens is 1. The molecule has 0 saturated carbocycles. The third kappa shape index (κ3) is 4.98. The van der Waals surface area contributed by atoms with Crippen molar-refractivity contribution in [2.75, 3.05) is 31.5 Å². The summed E-state index contributed by atoms with van der Waals surface area (Å²) in [6.45, 7) is 3.73. The maximum atomic E-state index is 13.1. The second-order valence-electron chi connectivity index (χ2n) is 8.51. The molecule has 3 amide bonds. The number of anilines is 1. The highest BCUT2D eigenvalue weighted by Crippen LogP contribution is 2.25. The van der Waals surface area contributed by atoms with Crippen molar-refractivity contribution in [3.05, 3.63) is 47.5 Å². The lowest BCUT2D eigenvalue weighted by molar-refractivity contribution is -0.139. The van der Waals surface area contributed by atoms with Crippen LogP contribution < -0.4 is 5.32 Å². The Hall–Kier alpha value is -3.23. The second kappa shape index (κ2) is 9.50.